The Balaban J connectivity index is 1.90. The lowest BCUT2D eigenvalue weighted by molar-refractivity contribution is 0.286. The van der Waals surface area contributed by atoms with Gasteiger partial charge in [-0.2, -0.15) is 0 Å². The summed E-state index contributed by atoms with van der Waals surface area (Å²) >= 11 is 3.51. The first-order chi connectivity index (χ1) is 10.2. The third kappa shape index (κ3) is 5.30. The molecule has 0 unspecified atom stereocenters. The number of nitrogens with one attached hydrogen (secondary N) is 1. The molecule has 2 aromatic rings. The minimum absolute atomic E-state index is 0.822. The van der Waals surface area contributed by atoms with Crippen molar-refractivity contribution in [2.75, 3.05) is 13.6 Å². The van der Waals surface area contributed by atoms with Gasteiger partial charge in [0.1, 0.15) is 5.76 Å². The molecule has 114 valence electrons. The van der Waals surface area contributed by atoms with E-state index in [2.05, 4.69) is 64.4 Å². The van der Waals surface area contributed by atoms with Crippen molar-refractivity contribution in [3.63, 3.8) is 0 Å². The summed E-state index contributed by atoms with van der Waals surface area (Å²) in [4.78, 5) is 2.27. The van der Waals surface area contributed by atoms with E-state index in [4.69, 9.17) is 4.42 Å². The molecule has 0 bridgehead atoms. The minimum atomic E-state index is 0.822. The number of hydrogen-bond donors (Lipinski definition) is 1. The van der Waals surface area contributed by atoms with Gasteiger partial charge in [0.05, 0.1) is 12.8 Å². The summed E-state index contributed by atoms with van der Waals surface area (Å²) in [5.41, 5.74) is 2.55. The highest BCUT2D eigenvalue weighted by atomic mass is 79.9. The van der Waals surface area contributed by atoms with Gasteiger partial charge < -0.3 is 9.73 Å². The summed E-state index contributed by atoms with van der Waals surface area (Å²) in [6, 6.07) is 10.5. The second-order valence-corrected chi connectivity index (χ2v) is 6.26. The van der Waals surface area contributed by atoms with Crippen molar-refractivity contribution in [2.45, 2.75) is 33.0 Å². The number of hydrogen-bond acceptors (Lipinski definition) is 3. The van der Waals surface area contributed by atoms with E-state index in [1.807, 2.05) is 6.07 Å². The maximum atomic E-state index is 5.64. The van der Waals surface area contributed by atoms with Crippen LogP contribution in [0.1, 0.15) is 30.2 Å². The number of halogens is 1. The molecule has 0 saturated carbocycles. The summed E-state index contributed by atoms with van der Waals surface area (Å²) in [6.07, 6.45) is 2.93. The van der Waals surface area contributed by atoms with Gasteiger partial charge in [0.25, 0.3) is 0 Å². The zero-order valence-electron chi connectivity index (χ0n) is 12.7. The van der Waals surface area contributed by atoms with Gasteiger partial charge in [-0.3, -0.25) is 4.90 Å². The third-order valence-electron chi connectivity index (χ3n) is 3.33. The first-order valence-corrected chi connectivity index (χ1v) is 8.17. The Hall–Kier alpha value is -1.10. The Kier molecular flexibility index (Phi) is 6.49. The van der Waals surface area contributed by atoms with Crippen LogP contribution in [-0.4, -0.2) is 18.5 Å². The summed E-state index contributed by atoms with van der Waals surface area (Å²) in [5, 5.41) is 3.42. The molecule has 1 aromatic carbocycles. The molecule has 0 atom stereocenters. The fourth-order valence-electron chi connectivity index (χ4n) is 2.31. The van der Waals surface area contributed by atoms with Crippen LogP contribution in [-0.2, 0) is 19.6 Å². The van der Waals surface area contributed by atoms with Crippen LogP contribution in [0.25, 0.3) is 0 Å². The molecule has 0 amide bonds. The lowest BCUT2D eigenvalue weighted by Gasteiger charge is -2.16. The van der Waals surface area contributed by atoms with Gasteiger partial charge in [-0.25, -0.2) is 0 Å². The molecule has 4 heteroatoms. The minimum Gasteiger partial charge on any atom is -0.468 e. The van der Waals surface area contributed by atoms with Gasteiger partial charge >= 0.3 is 0 Å². The molecule has 1 aromatic heterocycles. The van der Waals surface area contributed by atoms with Crippen LogP contribution in [0.5, 0.6) is 0 Å². The van der Waals surface area contributed by atoms with Crippen LogP contribution in [0.15, 0.2) is 45.5 Å². The molecule has 21 heavy (non-hydrogen) atoms. The molecule has 1 N–H and O–H groups in total. The SMILES string of the molecule is CCCNCc1ccoc1CN(C)Cc1cccc(Br)c1. The fraction of sp³-hybridized carbons (Fsp3) is 0.412. The average Bonchev–Trinajstić information content (AvgIpc) is 2.86. The summed E-state index contributed by atoms with van der Waals surface area (Å²) in [5.74, 6) is 1.05. The lowest BCUT2D eigenvalue weighted by Crippen LogP contribution is -2.19. The molecular formula is C17H23BrN2O. The van der Waals surface area contributed by atoms with E-state index < -0.39 is 0 Å². The fourth-order valence-corrected chi connectivity index (χ4v) is 2.76. The second-order valence-electron chi connectivity index (χ2n) is 5.35. The van der Waals surface area contributed by atoms with Crippen LogP contribution < -0.4 is 5.32 Å². The van der Waals surface area contributed by atoms with E-state index in [0.29, 0.717) is 0 Å². The van der Waals surface area contributed by atoms with Crippen LogP contribution in [0, 0.1) is 0 Å². The van der Waals surface area contributed by atoms with E-state index in [9.17, 15) is 0 Å². The van der Waals surface area contributed by atoms with Gasteiger partial charge in [0.15, 0.2) is 0 Å². The zero-order chi connectivity index (χ0) is 15.1. The van der Waals surface area contributed by atoms with Crippen molar-refractivity contribution in [3.8, 4) is 0 Å². The third-order valence-corrected chi connectivity index (χ3v) is 3.83. The van der Waals surface area contributed by atoms with Crippen LogP contribution in [0.3, 0.4) is 0 Å². The van der Waals surface area contributed by atoms with E-state index in [1.54, 1.807) is 6.26 Å². The maximum Gasteiger partial charge on any atom is 0.122 e. The first kappa shape index (κ1) is 16.3. The molecule has 0 spiro atoms. The summed E-state index contributed by atoms with van der Waals surface area (Å²) in [7, 11) is 2.12. The van der Waals surface area contributed by atoms with Gasteiger partial charge in [-0.05, 0) is 43.8 Å². The highest BCUT2D eigenvalue weighted by molar-refractivity contribution is 9.10. The zero-order valence-corrected chi connectivity index (χ0v) is 14.3. The molecular weight excluding hydrogens is 328 g/mol. The molecule has 0 radical (unpaired) electrons. The predicted octanol–water partition coefficient (Wildman–Crippen LogP) is 4.17. The van der Waals surface area contributed by atoms with Crippen molar-refractivity contribution in [2.24, 2.45) is 0 Å². The van der Waals surface area contributed by atoms with Crippen molar-refractivity contribution in [3.05, 3.63) is 58.0 Å². The summed E-state index contributed by atoms with van der Waals surface area (Å²) in [6.45, 7) is 5.82. The normalized spacial score (nSPS) is 11.2. The Morgan fingerprint density at radius 1 is 1.24 bits per heavy atom. The molecule has 0 aliphatic heterocycles. The van der Waals surface area contributed by atoms with E-state index in [1.165, 1.54) is 11.1 Å². The van der Waals surface area contributed by atoms with Gasteiger partial charge in [-0.15, -0.1) is 0 Å². The molecule has 0 aliphatic carbocycles. The predicted molar refractivity (Wildman–Crippen MR) is 90.0 cm³/mol. The molecule has 0 saturated heterocycles. The second kappa shape index (κ2) is 8.37. The number of nitrogens with zero attached hydrogens (tertiary/aromatic N) is 1. The molecule has 1 heterocycles. The Labute approximate surface area is 135 Å². The van der Waals surface area contributed by atoms with Crippen molar-refractivity contribution >= 4 is 15.9 Å². The number of rotatable bonds is 8. The first-order valence-electron chi connectivity index (χ1n) is 7.38. The molecule has 0 fully saturated rings. The quantitative estimate of drug-likeness (QED) is 0.724. The Morgan fingerprint density at radius 2 is 2.10 bits per heavy atom. The van der Waals surface area contributed by atoms with Crippen molar-refractivity contribution in [1.82, 2.24) is 10.2 Å². The number of furan rings is 1. The standard InChI is InChI=1S/C17H23BrN2O/c1-3-8-19-11-15-7-9-21-17(15)13-20(2)12-14-5-4-6-16(18)10-14/h4-7,9-10,19H,3,8,11-13H2,1-2H3. The molecule has 3 nitrogen and oxygen atoms in total. The topological polar surface area (TPSA) is 28.4 Å². The highest BCUT2D eigenvalue weighted by Crippen LogP contribution is 2.16. The molecule has 0 aliphatic rings. The van der Waals surface area contributed by atoms with Crippen molar-refractivity contribution < 1.29 is 4.42 Å². The lowest BCUT2D eigenvalue weighted by atomic mass is 10.2. The summed E-state index contributed by atoms with van der Waals surface area (Å²) < 4.78 is 6.76. The Morgan fingerprint density at radius 3 is 2.86 bits per heavy atom. The van der Waals surface area contributed by atoms with Crippen LogP contribution in [0.2, 0.25) is 0 Å². The highest BCUT2D eigenvalue weighted by Gasteiger charge is 2.09. The average molecular weight is 351 g/mol. The maximum absolute atomic E-state index is 5.64. The van der Waals surface area contributed by atoms with Crippen molar-refractivity contribution in [1.29, 1.82) is 0 Å². The number of benzene rings is 1. The monoisotopic (exact) mass is 350 g/mol. The van der Waals surface area contributed by atoms with Gasteiger partial charge in [-0.1, -0.05) is 35.0 Å². The van der Waals surface area contributed by atoms with Crippen LogP contribution >= 0.6 is 15.9 Å². The Bertz CT molecular complexity index is 553. The van der Waals surface area contributed by atoms with Crippen LogP contribution in [0.4, 0.5) is 0 Å². The smallest absolute Gasteiger partial charge is 0.122 e. The van der Waals surface area contributed by atoms with E-state index >= 15 is 0 Å². The molecule has 2 rings (SSSR count). The largest absolute Gasteiger partial charge is 0.468 e. The van der Waals surface area contributed by atoms with E-state index in [-0.39, 0.29) is 0 Å². The van der Waals surface area contributed by atoms with Gasteiger partial charge in [0.2, 0.25) is 0 Å². The van der Waals surface area contributed by atoms with Gasteiger partial charge in [0, 0.05) is 23.1 Å². The van der Waals surface area contributed by atoms with E-state index in [0.717, 1.165) is 42.8 Å².